The molecule has 1 aromatic rings. The Bertz CT molecular complexity index is 463. The molecule has 0 saturated heterocycles. The number of amides is 1. The van der Waals surface area contributed by atoms with Gasteiger partial charge in [0.05, 0.1) is 12.3 Å². The molecule has 112 valence electrons. The standard InChI is InChI=1S/C11H19N5O3S/c1-2-16-8(6-12)14-15-11(16)20-7-9(17)13-5-3-4-10(18)19/h2-7,12H2,1H3,(H,13,17)(H,18,19). The van der Waals surface area contributed by atoms with Gasteiger partial charge in [0.1, 0.15) is 5.82 Å². The lowest BCUT2D eigenvalue weighted by Gasteiger charge is -2.06. The Morgan fingerprint density at radius 1 is 1.45 bits per heavy atom. The van der Waals surface area contributed by atoms with Crippen molar-refractivity contribution >= 4 is 23.6 Å². The molecule has 0 aliphatic rings. The number of rotatable bonds is 9. The molecule has 1 heterocycles. The van der Waals surface area contributed by atoms with Crippen molar-refractivity contribution in [3.8, 4) is 0 Å². The molecule has 0 atom stereocenters. The number of carbonyl (C=O) groups excluding carboxylic acids is 1. The highest BCUT2D eigenvalue weighted by Crippen LogP contribution is 2.16. The smallest absolute Gasteiger partial charge is 0.303 e. The minimum Gasteiger partial charge on any atom is -0.481 e. The molecule has 0 radical (unpaired) electrons. The maximum Gasteiger partial charge on any atom is 0.303 e. The van der Waals surface area contributed by atoms with Crippen molar-refractivity contribution in [3.63, 3.8) is 0 Å². The van der Waals surface area contributed by atoms with Crippen molar-refractivity contribution in [3.05, 3.63) is 5.82 Å². The van der Waals surface area contributed by atoms with Gasteiger partial charge in [0, 0.05) is 19.5 Å². The van der Waals surface area contributed by atoms with Crippen molar-refractivity contribution in [2.24, 2.45) is 5.73 Å². The molecule has 4 N–H and O–H groups in total. The van der Waals surface area contributed by atoms with Crippen LogP contribution in [0, 0.1) is 0 Å². The van der Waals surface area contributed by atoms with Gasteiger partial charge in [0.15, 0.2) is 5.16 Å². The average molecular weight is 301 g/mol. The molecule has 0 fully saturated rings. The molecular weight excluding hydrogens is 282 g/mol. The second-order valence-electron chi connectivity index (χ2n) is 3.98. The van der Waals surface area contributed by atoms with Gasteiger partial charge in [-0.05, 0) is 13.3 Å². The van der Waals surface area contributed by atoms with Crippen LogP contribution in [0.4, 0.5) is 0 Å². The Balaban J connectivity index is 2.34. The van der Waals surface area contributed by atoms with Gasteiger partial charge in [-0.2, -0.15) is 0 Å². The van der Waals surface area contributed by atoms with E-state index in [9.17, 15) is 9.59 Å². The van der Waals surface area contributed by atoms with Crippen molar-refractivity contribution in [2.75, 3.05) is 12.3 Å². The van der Waals surface area contributed by atoms with E-state index in [0.29, 0.717) is 37.0 Å². The van der Waals surface area contributed by atoms with Crippen molar-refractivity contribution in [2.45, 2.75) is 38.0 Å². The molecule has 1 amide bonds. The Hall–Kier alpha value is -1.61. The summed E-state index contributed by atoms with van der Waals surface area (Å²) in [5.41, 5.74) is 5.54. The van der Waals surface area contributed by atoms with E-state index in [0.717, 1.165) is 0 Å². The predicted molar refractivity (Wildman–Crippen MR) is 74.2 cm³/mol. The number of aliphatic carboxylic acids is 1. The van der Waals surface area contributed by atoms with Gasteiger partial charge in [-0.15, -0.1) is 10.2 Å². The molecular formula is C11H19N5O3S. The molecule has 0 aliphatic heterocycles. The van der Waals surface area contributed by atoms with Gasteiger partial charge in [-0.3, -0.25) is 9.59 Å². The summed E-state index contributed by atoms with van der Waals surface area (Å²) in [6.45, 7) is 3.32. The average Bonchev–Trinajstić information content (AvgIpc) is 2.83. The van der Waals surface area contributed by atoms with E-state index in [1.165, 1.54) is 11.8 Å². The van der Waals surface area contributed by atoms with E-state index in [1.807, 2.05) is 11.5 Å². The zero-order valence-electron chi connectivity index (χ0n) is 11.3. The number of carboxylic acid groups (broad SMARTS) is 1. The van der Waals surface area contributed by atoms with Crippen molar-refractivity contribution in [1.29, 1.82) is 0 Å². The second-order valence-corrected chi connectivity index (χ2v) is 4.93. The molecule has 1 aromatic heterocycles. The third-order valence-corrected chi connectivity index (χ3v) is 3.48. The lowest BCUT2D eigenvalue weighted by Crippen LogP contribution is -2.26. The molecule has 1 rings (SSSR count). The largest absolute Gasteiger partial charge is 0.481 e. The first kappa shape index (κ1) is 16.4. The maximum absolute atomic E-state index is 11.6. The summed E-state index contributed by atoms with van der Waals surface area (Å²) < 4.78 is 1.86. The van der Waals surface area contributed by atoms with Crippen molar-refractivity contribution in [1.82, 2.24) is 20.1 Å². The molecule has 20 heavy (non-hydrogen) atoms. The normalized spacial score (nSPS) is 10.5. The van der Waals surface area contributed by atoms with Crippen LogP contribution in [0.15, 0.2) is 5.16 Å². The Labute approximate surface area is 121 Å². The fourth-order valence-corrected chi connectivity index (χ4v) is 2.39. The van der Waals surface area contributed by atoms with E-state index in [4.69, 9.17) is 10.8 Å². The monoisotopic (exact) mass is 301 g/mol. The summed E-state index contributed by atoms with van der Waals surface area (Å²) >= 11 is 1.29. The zero-order valence-corrected chi connectivity index (χ0v) is 12.2. The van der Waals surface area contributed by atoms with Crippen LogP contribution in [0.25, 0.3) is 0 Å². The maximum atomic E-state index is 11.6. The van der Waals surface area contributed by atoms with Gasteiger partial charge in [0.25, 0.3) is 0 Å². The first-order valence-electron chi connectivity index (χ1n) is 6.31. The molecule has 9 heteroatoms. The SMILES string of the molecule is CCn1c(CN)nnc1SCC(=O)NCCCC(=O)O. The second kappa shape index (κ2) is 8.54. The number of carboxylic acids is 1. The fraction of sp³-hybridized carbons (Fsp3) is 0.636. The van der Waals surface area contributed by atoms with E-state index in [1.54, 1.807) is 0 Å². The summed E-state index contributed by atoms with van der Waals surface area (Å²) in [6, 6.07) is 0. The van der Waals surface area contributed by atoms with Crippen LogP contribution in [0.3, 0.4) is 0 Å². The number of nitrogens with one attached hydrogen (secondary N) is 1. The van der Waals surface area contributed by atoms with Crippen LogP contribution < -0.4 is 11.1 Å². The van der Waals surface area contributed by atoms with Crippen LogP contribution in [-0.4, -0.2) is 44.0 Å². The van der Waals surface area contributed by atoms with Gasteiger partial charge in [-0.1, -0.05) is 11.8 Å². The van der Waals surface area contributed by atoms with Gasteiger partial charge in [0.2, 0.25) is 5.91 Å². The minimum absolute atomic E-state index is 0.0530. The Morgan fingerprint density at radius 3 is 2.80 bits per heavy atom. The Morgan fingerprint density at radius 2 is 2.20 bits per heavy atom. The zero-order chi connectivity index (χ0) is 15.0. The molecule has 0 bridgehead atoms. The number of aromatic nitrogens is 3. The molecule has 0 spiro atoms. The highest BCUT2D eigenvalue weighted by Gasteiger charge is 2.11. The summed E-state index contributed by atoms with van der Waals surface area (Å²) in [7, 11) is 0. The number of nitrogens with two attached hydrogens (primary N) is 1. The number of hydrogen-bond donors (Lipinski definition) is 3. The lowest BCUT2D eigenvalue weighted by molar-refractivity contribution is -0.137. The van der Waals surface area contributed by atoms with E-state index >= 15 is 0 Å². The summed E-state index contributed by atoms with van der Waals surface area (Å²) in [6.07, 6.45) is 0.478. The molecule has 0 aromatic carbocycles. The minimum atomic E-state index is -0.862. The summed E-state index contributed by atoms with van der Waals surface area (Å²) in [5.74, 6) is -0.105. The van der Waals surface area contributed by atoms with Crippen LogP contribution in [-0.2, 0) is 22.7 Å². The summed E-state index contributed by atoms with van der Waals surface area (Å²) in [5, 5.41) is 19.7. The first-order chi connectivity index (χ1) is 9.58. The molecule has 0 saturated carbocycles. The van der Waals surface area contributed by atoms with Crippen LogP contribution in [0.2, 0.25) is 0 Å². The molecule has 0 unspecified atom stereocenters. The third-order valence-electron chi connectivity index (χ3n) is 2.51. The van der Waals surface area contributed by atoms with Gasteiger partial charge in [-0.25, -0.2) is 0 Å². The number of nitrogens with zero attached hydrogens (tertiary/aromatic N) is 3. The first-order valence-corrected chi connectivity index (χ1v) is 7.30. The van der Waals surface area contributed by atoms with E-state index in [2.05, 4.69) is 15.5 Å². The topological polar surface area (TPSA) is 123 Å². The lowest BCUT2D eigenvalue weighted by atomic mass is 10.3. The van der Waals surface area contributed by atoms with E-state index < -0.39 is 5.97 Å². The summed E-state index contributed by atoms with van der Waals surface area (Å²) in [4.78, 5) is 21.9. The highest BCUT2D eigenvalue weighted by atomic mass is 32.2. The van der Waals surface area contributed by atoms with Gasteiger partial charge >= 0.3 is 5.97 Å². The predicted octanol–water partition coefficient (Wildman–Crippen LogP) is -0.170. The highest BCUT2D eigenvalue weighted by molar-refractivity contribution is 7.99. The number of carbonyl (C=O) groups is 2. The fourth-order valence-electron chi connectivity index (χ4n) is 1.54. The van der Waals surface area contributed by atoms with Crippen LogP contribution in [0.1, 0.15) is 25.6 Å². The molecule has 0 aliphatic carbocycles. The van der Waals surface area contributed by atoms with Crippen molar-refractivity contribution < 1.29 is 14.7 Å². The van der Waals surface area contributed by atoms with E-state index in [-0.39, 0.29) is 18.1 Å². The quantitative estimate of drug-likeness (QED) is 0.427. The van der Waals surface area contributed by atoms with Crippen LogP contribution in [0.5, 0.6) is 0 Å². The number of hydrogen-bond acceptors (Lipinski definition) is 6. The number of thioether (sulfide) groups is 1. The molecule has 8 nitrogen and oxygen atoms in total. The van der Waals surface area contributed by atoms with Gasteiger partial charge < -0.3 is 20.7 Å². The van der Waals surface area contributed by atoms with Crippen LogP contribution >= 0.6 is 11.8 Å². The third kappa shape index (κ3) is 5.17. The Kier molecular flexibility index (Phi) is 7.02.